The summed E-state index contributed by atoms with van der Waals surface area (Å²) in [6.45, 7) is 1.87. The molecular weight excluding hydrogens is 239 g/mol. The Bertz CT molecular complexity index is 563. The van der Waals surface area contributed by atoms with Crippen molar-refractivity contribution in [1.82, 2.24) is 9.78 Å². The molecule has 1 heterocycles. The first kappa shape index (κ1) is 12.1. The van der Waals surface area contributed by atoms with Crippen molar-refractivity contribution in [3.8, 4) is 11.6 Å². The SMILES string of the molecule is CCOC(=O)c1cnn(-c2ccc(F)cc2)c1O. The molecule has 2 aromatic rings. The van der Waals surface area contributed by atoms with Crippen molar-refractivity contribution in [1.29, 1.82) is 0 Å². The molecule has 0 aliphatic carbocycles. The predicted molar refractivity (Wildman–Crippen MR) is 61.1 cm³/mol. The van der Waals surface area contributed by atoms with Crippen LogP contribution in [-0.4, -0.2) is 27.5 Å². The number of halogens is 1. The van der Waals surface area contributed by atoms with Crippen molar-refractivity contribution in [3.05, 3.63) is 41.8 Å². The number of aromatic nitrogens is 2. The highest BCUT2D eigenvalue weighted by Crippen LogP contribution is 2.21. The molecule has 0 atom stereocenters. The van der Waals surface area contributed by atoms with Crippen LogP contribution in [0.3, 0.4) is 0 Å². The number of carbonyl (C=O) groups excluding carboxylic acids is 1. The summed E-state index contributed by atoms with van der Waals surface area (Å²) in [5, 5.41) is 13.7. The molecule has 0 saturated carbocycles. The molecule has 0 amide bonds. The molecule has 18 heavy (non-hydrogen) atoms. The molecule has 0 aliphatic heterocycles. The van der Waals surface area contributed by atoms with Gasteiger partial charge in [-0.1, -0.05) is 0 Å². The average molecular weight is 250 g/mol. The summed E-state index contributed by atoms with van der Waals surface area (Å²) in [6, 6.07) is 5.36. The zero-order valence-corrected chi connectivity index (χ0v) is 9.63. The van der Waals surface area contributed by atoms with Gasteiger partial charge in [0.15, 0.2) is 0 Å². The quantitative estimate of drug-likeness (QED) is 0.845. The Kier molecular flexibility index (Phi) is 3.27. The summed E-state index contributed by atoms with van der Waals surface area (Å²) in [6.07, 6.45) is 1.21. The largest absolute Gasteiger partial charge is 0.493 e. The van der Waals surface area contributed by atoms with Gasteiger partial charge in [0.1, 0.15) is 11.4 Å². The third kappa shape index (κ3) is 2.17. The highest BCUT2D eigenvalue weighted by Gasteiger charge is 2.18. The molecule has 1 aromatic heterocycles. The standard InChI is InChI=1S/C12H11FN2O3/c1-2-18-12(17)10-7-14-15(11(10)16)9-5-3-8(13)4-6-9/h3-7,16H,2H2,1H3. The number of hydrogen-bond acceptors (Lipinski definition) is 4. The van der Waals surface area contributed by atoms with E-state index in [2.05, 4.69) is 5.10 Å². The van der Waals surface area contributed by atoms with Crippen molar-refractivity contribution in [2.24, 2.45) is 0 Å². The Balaban J connectivity index is 2.36. The first-order valence-electron chi connectivity index (χ1n) is 5.33. The molecule has 0 aliphatic rings. The molecule has 0 fully saturated rings. The van der Waals surface area contributed by atoms with E-state index in [0.717, 1.165) is 4.68 Å². The van der Waals surface area contributed by atoms with E-state index in [9.17, 15) is 14.3 Å². The molecule has 0 spiro atoms. The maximum Gasteiger partial charge on any atom is 0.345 e. The number of ether oxygens (including phenoxy) is 1. The molecule has 1 N–H and O–H groups in total. The molecule has 5 nitrogen and oxygen atoms in total. The number of hydrogen-bond donors (Lipinski definition) is 1. The Morgan fingerprint density at radius 3 is 2.72 bits per heavy atom. The van der Waals surface area contributed by atoms with Crippen LogP contribution < -0.4 is 0 Å². The van der Waals surface area contributed by atoms with E-state index >= 15 is 0 Å². The van der Waals surface area contributed by atoms with Gasteiger partial charge in [-0.3, -0.25) is 0 Å². The number of rotatable bonds is 3. The van der Waals surface area contributed by atoms with Gasteiger partial charge in [-0.15, -0.1) is 0 Å². The Morgan fingerprint density at radius 1 is 1.44 bits per heavy atom. The third-order valence-corrected chi connectivity index (χ3v) is 2.31. The Labute approximate surface area is 102 Å². The Morgan fingerprint density at radius 2 is 2.11 bits per heavy atom. The second-order valence-electron chi connectivity index (χ2n) is 3.49. The number of carbonyl (C=O) groups is 1. The third-order valence-electron chi connectivity index (χ3n) is 2.31. The maximum absolute atomic E-state index is 12.8. The molecule has 94 valence electrons. The van der Waals surface area contributed by atoms with E-state index in [1.807, 2.05) is 0 Å². The lowest BCUT2D eigenvalue weighted by molar-refractivity contribution is 0.0523. The molecule has 0 radical (unpaired) electrons. The first-order valence-corrected chi connectivity index (χ1v) is 5.33. The minimum absolute atomic E-state index is 0.0267. The van der Waals surface area contributed by atoms with Crippen LogP contribution in [0, 0.1) is 5.82 Å². The number of nitrogens with zero attached hydrogens (tertiary/aromatic N) is 2. The van der Waals surface area contributed by atoms with Gasteiger partial charge in [0.2, 0.25) is 5.88 Å². The van der Waals surface area contributed by atoms with Gasteiger partial charge in [0, 0.05) is 0 Å². The van der Waals surface area contributed by atoms with Crippen molar-refractivity contribution in [2.45, 2.75) is 6.92 Å². The number of esters is 1. The van der Waals surface area contributed by atoms with E-state index < -0.39 is 11.8 Å². The van der Waals surface area contributed by atoms with Crippen LogP contribution in [0.15, 0.2) is 30.5 Å². The van der Waals surface area contributed by atoms with Crippen LogP contribution in [0.4, 0.5) is 4.39 Å². The van der Waals surface area contributed by atoms with Crippen molar-refractivity contribution < 1.29 is 19.0 Å². The van der Waals surface area contributed by atoms with Crippen molar-refractivity contribution >= 4 is 5.97 Å². The van der Waals surface area contributed by atoms with E-state index in [4.69, 9.17) is 4.74 Å². The average Bonchev–Trinajstić information content (AvgIpc) is 2.73. The Hall–Kier alpha value is -2.37. The summed E-state index contributed by atoms with van der Waals surface area (Å²) >= 11 is 0. The van der Waals surface area contributed by atoms with Crippen LogP contribution in [0.25, 0.3) is 5.69 Å². The zero-order chi connectivity index (χ0) is 13.1. The van der Waals surface area contributed by atoms with Crippen LogP contribution in [0.2, 0.25) is 0 Å². The molecule has 0 saturated heterocycles. The smallest absolute Gasteiger partial charge is 0.345 e. The second kappa shape index (κ2) is 4.87. The summed E-state index contributed by atoms with van der Waals surface area (Å²) in [4.78, 5) is 11.5. The van der Waals surface area contributed by atoms with Crippen LogP contribution >= 0.6 is 0 Å². The monoisotopic (exact) mass is 250 g/mol. The zero-order valence-electron chi connectivity index (χ0n) is 9.63. The van der Waals surface area contributed by atoms with Crippen LogP contribution in [0.1, 0.15) is 17.3 Å². The lowest BCUT2D eigenvalue weighted by Gasteiger charge is -2.03. The van der Waals surface area contributed by atoms with Gasteiger partial charge in [-0.25, -0.2) is 13.9 Å². The van der Waals surface area contributed by atoms with Gasteiger partial charge >= 0.3 is 5.97 Å². The molecule has 1 aromatic carbocycles. The summed E-state index contributed by atoms with van der Waals surface area (Å²) in [5.41, 5.74) is 0.422. The second-order valence-corrected chi connectivity index (χ2v) is 3.49. The van der Waals surface area contributed by atoms with Crippen LogP contribution in [0.5, 0.6) is 5.88 Å². The van der Waals surface area contributed by atoms with E-state index in [1.165, 1.54) is 30.5 Å². The predicted octanol–water partition coefficient (Wildman–Crippen LogP) is 1.89. The van der Waals surface area contributed by atoms with E-state index in [-0.39, 0.29) is 18.1 Å². The summed E-state index contributed by atoms with van der Waals surface area (Å²) in [5.74, 6) is -1.38. The van der Waals surface area contributed by atoms with Crippen LogP contribution in [-0.2, 0) is 4.74 Å². The molecule has 6 heteroatoms. The fourth-order valence-electron chi connectivity index (χ4n) is 1.47. The first-order chi connectivity index (χ1) is 8.63. The summed E-state index contributed by atoms with van der Waals surface area (Å²) < 4.78 is 18.7. The molecular formula is C12H11FN2O3. The highest BCUT2D eigenvalue weighted by atomic mass is 19.1. The van der Waals surface area contributed by atoms with E-state index in [1.54, 1.807) is 6.92 Å². The van der Waals surface area contributed by atoms with Gasteiger partial charge in [-0.05, 0) is 31.2 Å². The van der Waals surface area contributed by atoms with Gasteiger partial charge in [-0.2, -0.15) is 5.10 Å². The lowest BCUT2D eigenvalue weighted by atomic mass is 10.3. The maximum atomic E-state index is 12.8. The number of aromatic hydroxyl groups is 1. The highest BCUT2D eigenvalue weighted by molar-refractivity contribution is 5.91. The van der Waals surface area contributed by atoms with E-state index in [0.29, 0.717) is 5.69 Å². The summed E-state index contributed by atoms with van der Waals surface area (Å²) in [7, 11) is 0. The van der Waals surface area contributed by atoms with Gasteiger partial charge in [0.25, 0.3) is 0 Å². The number of benzene rings is 1. The molecule has 0 bridgehead atoms. The lowest BCUT2D eigenvalue weighted by Crippen LogP contribution is -2.04. The normalized spacial score (nSPS) is 10.3. The van der Waals surface area contributed by atoms with Gasteiger partial charge < -0.3 is 9.84 Å². The molecule has 2 rings (SSSR count). The fourth-order valence-corrected chi connectivity index (χ4v) is 1.47. The minimum Gasteiger partial charge on any atom is -0.493 e. The minimum atomic E-state index is -0.650. The van der Waals surface area contributed by atoms with Gasteiger partial charge in [0.05, 0.1) is 18.5 Å². The topological polar surface area (TPSA) is 64.3 Å². The fraction of sp³-hybridized carbons (Fsp3) is 0.167. The molecule has 0 unspecified atom stereocenters. The van der Waals surface area contributed by atoms with Crippen molar-refractivity contribution in [2.75, 3.05) is 6.61 Å². The van der Waals surface area contributed by atoms with Crippen molar-refractivity contribution in [3.63, 3.8) is 0 Å².